The van der Waals surface area contributed by atoms with E-state index in [1.807, 2.05) is 48.5 Å². The number of esters is 1. The van der Waals surface area contributed by atoms with Gasteiger partial charge in [-0.05, 0) is 55.4 Å². The highest BCUT2D eigenvalue weighted by Crippen LogP contribution is 2.47. The van der Waals surface area contributed by atoms with E-state index in [1.54, 1.807) is 6.92 Å². The van der Waals surface area contributed by atoms with Crippen LogP contribution in [0.3, 0.4) is 0 Å². The number of carbonyl (C=O) groups is 1. The van der Waals surface area contributed by atoms with Crippen molar-refractivity contribution in [3.05, 3.63) is 59.7 Å². The molecule has 6 nitrogen and oxygen atoms in total. The number of hydrogen-bond donors (Lipinski definition) is 0. The van der Waals surface area contributed by atoms with Crippen molar-refractivity contribution in [1.29, 1.82) is 0 Å². The van der Waals surface area contributed by atoms with E-state index in [-0.39, 0.29) is 16.7 Å². The predicted molar refractivity (Wildman–Crippen MR) is 136 cm³/mol. The molecule has 0 spiro atoms. The molecule has 1 atom stereocenters. The molecule has 0 bridgehead atoms. The number of hydrogen-bond acceptors (Lipinski definition) is 6. The number of alkyl halides is 3. The van der Waals surface area contributed by atoms with E-state index in [0.29, 0.717) is 6.42 Å². The summed E-state index contributed by atoms with van der Waals surface area (Å²) < 4.78 is 75.5. The Morgan fingerprint density at radius 2 is 1.38 bits per heavy atom. The first-order valence-corrected chi connectivity index (χ1v) is 13.0. The fraction of sp³-hybridized carbons (Fsp3) is 0.481. The third kappa shape index (κ3) is 7.80. The molecule has 1 unspecified atom stereocenters. The fourth-order valence-electron chi connectivity index (χ4n) is 3.71. The van der Waals surface area contributed by atoms with E-state index in [2.05, 4.69) is 9.44 Å². The lowest BCUT2D eigenvalue weighted by Gasteiger charge is -2.43. The zero-order valence-electron chi connectivity index (χ0n) is 22.4. The lowest BCUT2D eigenvalue weighted by atomic mass is 9.61. The quantitative estimate of drug-likeness (QED) is 0.162. The molecule has 0 fully saturated rings. The third-order valence-corrected chi connectivity index (χ3v) is 7.25. The van der Waals surface area contributed by atoms with Crippen molar-refractivity contribution in [3.8, 4) is 5.75 Å². The summed E-state index contributed by atoms with van der Waals surface area (Å²) in [7, 11) is -4.68. The van der Waals surface area contributed by atoms with Gasteiger partial charge >= 0.3 is 22.3 Å². The smallest absolute Gasteiger partial charge is 0.426 e. The Labute approximate surface area is 217 Å². The van der Waals surface area contributed by atoms with Crippen LogP contribution in [0.2, 0.25) is 0 Å². The van der Waals surface area contributed by atoms with Gasteiger partial charge in [0, 0.05) is 5.56 Å². The molecule has 10 heteroatoms. The number of carbonyl (C=O) groups excluding carboxylic acids is 1. The number of nitrogens with zero attached hydrogens (tertiary/aromatic N) is 1. The largest absolute Gasteiger partial charge is 0.437 e. The van der Waals surface area contributed by atoms with E-state index >= 15 is 0 Å². The highest BCUT2D eigenvalue weighted by molar-refractivity contribution is 7.86. The molecule has 0 aliphatic rings. The standard InChI is InChI=1S/C27H34F3NO5S/c1-18-9-11-19(12-10-18)22(27(28,29)30)31-36-37(33,34)21-15-13-20(14-16-21)35-23(32)26(8,25(5,6)7)17-24(2,3)4/h9-16H,17H2,1-8H3/b31-22-. The summed E-state index contributed by atoms with van der Waals surface area (Å²) in [4.78, 5) is 12.7. The number of aryl methyl sites for hydroxylation is 1. The molecular formula is C27H34F3NO5S. The number of halogens is 3. The van der Waals surface area contributed by atoms with Gasteiger partial charge in [0.05, 0.1) is 5.41 Å². The Kier molecular flexibility index (Phi) is 8.59. The SMILES string of the molecule is Cc1ccc(/C(=N/OS(=O)(=O)c2ccc(OC(=O)C(C)(CC(C)(C)C)C(C)(C)C)cc2)C(F)(F)F)cc1. The summed E-state index contributed by atoms with van der Waals surface area (Å²) >= 11 is 0. The van der Waals surface area contributed by atoms with Crippen LogP contribution < -0.4 is 4.74 Å². The van der Waals surface area contributed by atoms with Crippen molar-refractivity contribution in [2.45, 2.75) is 72.9 Å². The molecule has 0 saturated heterocycles. The Hall–Kier alpha value is -2.88. The second kappa shape index (κ2) is 10.5. The van der Waals surface area contributed by atoms with Gasteiger partial charge in [0.15, 0.2) is 5.71 Å². The topological polar surface area (TPSA) is 82.0 Å². The van der Waals surface area contributed by atoms with E-state index in [1.165, 1.54) is 36.4 Å². The number of ether oxygens (including phenoxy) is 1. The monoisotopic (exact) mass is 541 g/mol. The normalized spacial score (nSPS) is 15.2. The molecule has 0 saturated carbocycles. The van der Waals surface area contributed by atoms with Crippen molar-refractivity contribution >= 4 is 21.8 Å². The van der Waals surface area contributed by atoms with E-state index in [0.717, 1.165) is 17.7 Å². The highest BCUT2D eigenvalue weighted by Gasteiger charge is 2.48. The molecular weight excluding hydrogens is 507 g/mol. The zero-order chi connectivity index (χ0) is 28.4. The van der Waals surface area contributed by atoms with Crippen LogP contribution in [-0.4, -0.2) is 26.3 Å². The van der Waals surface area contributed by atoms with Crippen molar-refractivity contribution in [2.24, 2.45) is 21.4 Å². The van der Waals surface area contributed by atoms with Crippen LogP contribution in [0.25, 0.3) is 0 Å². The molecule has 2 aromatic rings. The van der Waals surface area contributed by atoms with Crippen LogP contribution in [0.15, 0.2) is 58.6 Å². The lowest BCUT2D eigenvalue weighted by Crippen LogP contribution is -2.45. The van der Waals surface area contributed by atoms with Gasteiger partial charge in [-0.1, -0.05) is 76.5 Å². The first kappa shape index (κ1) is 30.3. The maximum absolute atomic E-state index is 13.5. The van der Waals surface area contributed by atoms with Gasteiger partial charge in [0.2, 0.25) is 0 Å². The Bertz CT molecular complexity index is 1240. The first-order valence-electron chi connectivity index (χ1n) is 11.6. The zero-order valence-corrected chi connectivity index (χ0v) is 23.2. The van der Waals surface area contributed by atoms with Gasteiger partial charge in [0.25, 0.3) is 0 Å². The highest BCUT2D eigenvalue weighted by atomic mass is 32.2. The summed E-state index contributed by atoms with van der Waals surface area (Å²) in [5.41, 5.74) is -2.54. The number of oxime groups is 1. The minimum atomic E-state index is -4.95. The van der Waals surface area contributed by atoms with Crippen LogP contribution in [0.5, 0.6) is 5.75 Å². The molecule has 0 N–H and O–H groups in total. The summed E-state index contributed by atoms with van der Waals surface area (Å²) in [5, 5.41) is 2.93. The molecule has 0 radical (unpaired) electrons. The molecule has 0 heterocycles. The van der Waals surface area contributed by atoms with Crippen molar-refractivity contribution in [2.75, 3.05) is 0 Å². The minimum Gasteiger partial charge on any atom is -0.426 e. The van der Waals surface area contributed by atoms with Gasteiger partial charge in [-0.15, -0.1) is 0 Å². The van der Waals surface area contributed by atoms with Gasteiger partial charge in [-0.2, -0.15) is 21.6 Å². The van der Waals surface area contributed by atoms with Gasteiger partial charge in [0.1, 0.15) is 10.6 Å². The molecule has 2 rings (SSSR count). The van der Waals surface area contributed by atoms with Crippen LogP contribution in [0, 0.1) is 23.2 Å². The second-order valence-corrected chi connectivity index (χ2v) is 13.0. The number of benzene rings is 2. The van der Waals surface area contributed by atoms with Crippen molar-refractivity contribution in [1.82, 2.24) is 0 Å². The summed E-state index contributed by atoms with van der Waals surface area (Å²) in [6.45, 7) is 15.4. The summed E-state index contributed by atoms with van der Waals surface area (Å²) in [6, 6.07) is 9.85. The molecule has 204 valence electrons. The average Bonchev–Trinajstić information content (AvgIpc) is 2.72. The maximum atomic E-state index is 13.5. The molecule has 0 amide bonds. The van der Waals surface area contributed by atoms with Crippen LogP contribution in [0.4, 0.5) is 13.2 Å². The summed E-state index contributed by atoms with van der Waals surface area (Å²) in [6.07, 6.45) is -4.40. The molecule has 0 aromatic heterocycles. The van der Waals surface area contributed by atoms with E-state index in [9.17, 15) is 26.4 Å². The fourth-order valence-corrected chi connectivity index (χ4v) is 4.44. The summed E-state index contributed by atoms with van der Waals surface area (Å²) in [5.74, 6) is -0.383. The Balaban J connectivity index is 2.28. The Morgan fingerprint density at radius 3 is 1.81 bits per heavy atom. The molecule has 0 aliphatic heterocycles. The lowest BCUT2D eigenvalue weighted by molar-refractivity contribution is -0.154. The van der Waals surface area contributed by atoms with Crippen LogP contribution in [0.1, 0.15) is 66.0 Å². The van der Waals surface area contributed by atoms with E-state index < -0.39 is 43.7 Å². The average molecular weight is 542 g/mol. The van der Waals surface area contributed by atoms with Gasteiger partial charge in [-0.25, -0.2) is 0 Å². The van der Waals surface area contributed by atoms with Crippen LogP contribution in [-0.2, 0) is 19.2 Å². The first-order chi connectivity index (χ1) is 16.7. The third-order valence-electron chi connectivity index (χ3n) is 6.13. The van der Waals surface area contributed by atoms with Crippen LogP contribution >= 0.6 is 0 Å². The maximum Gasteiger partial charge on any atom is 0.437 e. The molecule has 0 aliphatic carbocycles. The second-order valence-electron chi connectivity index (χ2n) is 11.5. The van der Waals surface area contributed by atoms with Gasteiger partial charge in [-0.3, -0.25) is 9.08 Å². The van der Waals surface area contributed by atoms with Crippen molar-refractivity contribution in [3.63, 3.8) is 0 Å². The van der Waals surface area contributed by atoms with Gasteiger partial charge < -0.3 is 4.74 Å². The number of rotatable bonds is 7. The minimum absolute atomic E-state index is 0.0903. The molecule has 37 heavy (non-hydrogen) atoms. The van der Waals surface area contributed by atoms with E-state index in [4.69, 9.17) is 4.74 Å². The molecule has 2 aromatic carbocycles. The van der Waals surface area contributed by atoms with Crippen molar-refractivity contribution < 1.29 is 35.4 Å². The predicted octanol–water partition coefficient (Wildman–Crippen LogP) is 7.06. The Morgan fingerprint density at radius 1 is 0.865 bits per heavy atom.